The van der Waals surface area contributed by atoms with E-state index in [2.05, 4.69) is 28.6 Å². The van der Waals surface area contributed by atoms with Gasteiger partial charge in [0.1, 0.15) is 0 Å². The summed E-state index contributed by atoms with van der Waals surface area (Å²) >= 11 is 0. The lowest BCUT2D eigenvalue weighted by molar-refractivity contribution is 0.292. The summed E-state index contributed by atoms with van der Waals surface area (Å²) < 4.78 is 13.5. The molecule has 0 saturated heterocycles. The normalized spacial score (nSPS) is 10.8. The zero-order valence-corrected chi connectivity index (χ0v) is 13.0. The predicted molar refractivity (Wildman–Crippen MR) is 87.6 cm³/mol. The Balaban J connectivity index is 1.94. The Hall–Kier alpha value is -2.49. The fourth-order valence-electron chi connectivity index (χ4n) is 2.56. The first kappa shape index (κ1) is 14.4. The first-order valence-corrected chi connectivity index (χ1v) is 7.52. The summed E-state index contributed by atoms with van der Waals surface area (Å²) in [7, 11) is 1.68. The molecule has 2 aromatic carbocycles. The van der Waals surface area contributed by atoms with Crippen LogP contribution in [0.4, 0.5) is 0 Å². The molecule has 0 saturated carbocycles. The van der Waals surface area contributed by atoms with Crippen LogP contribution in [-0.4, -0.2) is 23.3 Å². The van der Waals surface area contributed by atoms with E-state index in [9.17, 15) is 0 Å². The highest BCUT2D eigenvalue weighted by molar-refractivity contribution is 5.75. The van der Waals surface area contributed by atoms with Crippen molar-refractivity contribution in [2.24, 2.45) is 0 Å². The van der Waals surface area contributed by atoms with Gasteiger partial charge in [-0.1, -0.05) is 31.2 Å². The van der Waals surface area contributed by atoms with Gasteiger partial charge in [0.15, 0.2) is 11.5 Å². The van der Waals surface area contributed by atoms with Crippen LogP contribution in [0.2, 0.25) is 0 Å². The van der Waals surface area contributed by atoms with E-state index in [1.807, 2.05) is 36.7 Å². The number of hydrogen-bond donors (Lipinski definition) is 0. The van der Waals surface area contributed by atoms with E-state index in [0.717, 1.165) is 34.5 Å². The van der Waals surface area contributed by atoms with Crippen LogP contribution in [0, 0.1) is 0 Å². The zero-order valence-electron chi connectivity index (χ0n) is 13.0. The third-order valence-corrected chi connectivity index (χ3v) is 3.59. The lowest BCUT2D eigenvalue weighted by Gasteiger charge is -2.14. The van der Waals surface area contributed by atoms with Crippen molar-refractivity contribution in [1.82, 2.24) is 9.55 Å². The summed E-state index contributed by atoms with van der Waals surface area (Å²) in [5.74, 6) is 1.60. The van der Waals surface area contributed by atoms with Crippen molar-refractivity contribution >= 4 is 11.0 Å². The summed E-state index contributed by atoms with van der Waals surface area (Å²) in [6.07, 6.45) is 2.84. The highest BCUT2D eigenvalue weighted by Gasteiger charge is 2.11. The van der Waals surface area contributed by atoms with Crippen molar-refractivity contribution in [3.8, 4) is 11.5 Å². The molecule has 22 heavy (non-hydrogen) atoms. The van der Waals surface area contributed by atoms with Gasteiger partial charge in [0, 0.05) is 5.56 Å². The van der Waals surface area contributed by atoms with Gasteiger partial charge in [-0.05, 0) is 24.6 Å². The maximum atomic E-state index is 5.77. The molecule has 3 rings (SSSR count). The maximum Gasteiger partial charge on any atom is 0.165 e. The number of ether oxygens (including phenoxy) is 2. The molecular weight excluding hydrogens is 276 g/mol. The minimum absolute atomic E-state index is 0.688. The van der Waals surface area contributed by atoms with Crippen LogP contribution in [0.5, 0.6) is 11.5 Å². The second-order valence-electron chi connectivity index (χ2n) is 5.16. The Kier molecular flexibility index (Phi) is 4.28. The molecule has 4 heteroatoms. The molecule has 4 nitrogen and oxygen atoms in total. The van der Waals surface area contributed by atoms with E-state index < -0.39 is 0 Å². The number of hydrogen-bond acceptors (Lipinski definition) is 3. The number of fused-ring (bicyclic) bond motifs is 1. The number of para-hydroxylation sites is 3. The zero-order chi connectivity index (χ0) is 15.4. The van der Waals surface area contributed by atoms with E-state index >= 15 is 0 Å². The third-order valence-electron chi connectivity index (χ3n) is 3.59. The SMILES string of the molecule is CCCOc1cccc(Cn2cnc3ccccc32)c1OC. The van der Waals surface area contributed by atoms with Crippen molar-refractivity contribution < 1.29 is 9.47 Å². The summed E-state index contributed by atoms with van der Waals surface area (Å²) in [4.78, 5) is 4.43. The molecule has 0 radical (unpaired) electrons. The second kappa shape index (κ2) is 6.52. The Labute approximate surface area is 130 Å². The monoisotopic (exact) mass is 296 g/mol. The van der Waals surface area contributed by atoms with E-state index in [0.29, 0.717) is 13.2 Å². The molecule has 1 aromatic heterocycles. The van der Waals surface area contributed by atoms with Gasteiger partial charge < -0.3 is 14.0 Å². The van der Waals surface area contributed by atoms with Gasteiger partial charge in [0.2, 0.25) is 0 Å². The smallest absolute Gasteiger partial charge is 0.165 e. The summed E-state index contributed by atoms with van der Waals surface area (Å²) in [6.45, 7) is 3.48. The summed E-state index contributed by atoms with van der Waals surface area (Å²) in [5, 5.41) is 0. The number of methoxy groups -OCH3 is 1. The number of nitrogens with zero attached hydrogens (tertiary/aromatic N) is 2. The van der Waals surface area contributed by atoms with E-state index in [-0.39, 0.29) is 0 Å². The minimum Gasteiger partial charge on any atom is -0.493 e. The fraction of sp³-hybridized carbons (Fsp3) is 0.278. The molecule has 0 unspecified atom stereocenters. The predicted octanol–water partition coefficient (Wildman–Crippen LogP) is 3.88. The number of aromatic nitrogens is 2. The topological polar surface area (TPSA) is 36.3 Å². The molecule has 114 valence electrons. The van der Waals surface area contributed by atoms with Crippen LogP contribution in [0.3, 0.4) is 0 Å². The van der Waals surface area contributed by atoms with E-state index in [1.165, 1.54) is 0 Å². The number of benzene rings is 2. The standard InChI is InChI=1S/C18H20N2O2/c1-3-11-22-17-10-6-7-14(18(17)21-2)12-20-13-19-15-8-4-5-9-16(15)20/h4-10,13H,3,11-12H2,1-2H3. The van der Waals surface area contributed by atoms with Crippen LogP contribution < -0.4 is 9.47 Å². The van der Waals surface area contributed by atoms with E-state index in [1.54, 1.807) is 7.11 Å². The highest BCUT2D eigenvalue weighted by Crippen LogP contribution is 2.32. The molecular formula is C18H20N2O2. The molecule has 1 heterocycles. The third kappa shape index (κ3) is 2.77. The molecule has 0 spiro atoms. The average molecular weight is 296 g/mol. The van der Waals surface area contributed by atoms with E-state index in [4.69, 9.17) is 9.47 Å². The Morgan fingerprint density at radius 2 is 1.95 bits per heavy atom. The van der Waals surface area contributed by atoms with Gasteiger partial charge in [-0.2, -0.15) is 0 Å². The van der Waals surface area contributed by atoms with Crippen LogP contribution in [0.1, 0.15) is 18.9 Å². The lowest BCUT2D eigenvalue weighted by atomic mass is 10.1. The highest BCUT2D eigenvalue weighted by atomic mass is 16.5. The first-order chi connectivity index (χ1) is 10.8. The van der Waals surface area contributed by atoms with Crippen molar-refractivity contribution in [3.63, 3.8) is 0 Å². The molecule has 0 amide bonds. The minimum atomic E-state index is 0.688. The van der Waals surface area contributed by atoms with Gasteiger partial charge in [-0.3, -0.25) is 0 Å². The first-order valence-electron chi connectivity index (χ1n) is 7.52. The van der Waals surface area contributed by atoms with Crippen LogP contribution >= 0.6 is 0 Å². The average Bonchev–Trinajstić information content (AvgIpc) is 2.96. The largest absolute Gasteiger partial charge is 0.493 e. The number of imidazole rings is 1. The molecule has 0 aliphatic rings. The second-order valence-corrected chi connectivity index (χ2v) is 5.16. The fourth-order valence-corrected chi connectivity index (χ4v) is 2.56. The van der Waals surface area contributed by atoms with Gasteiger partial charge in [0.25, 0.3) is 0 Å². The Morgan fingerprint density at radius 3 is 2.77 bits per heavy atom. The van der Waals surface area contributed by atoms with Crippen molar-refractivity contribution in [1.29, 1.82) is 0 Å². The van der Waals surface area contributed by atoms with Gasteiger partial charge >= 0.3 is 0 Å². The van der Waals surface area contributed by atoms with Gasteiger partial charge in [0.05, 0.1) is 37.6 Å². The van der Waals surface area contributed by atoms with Gasteiger partial charge in [-0.25, -0.2) is 4.98 Å². The molecule has 0 N–H and O–H groups in total. The van der Waals surface area contributed by atoms with Crippen molar-refractivity contribution in [2.75, 3.05) is 13.7 Å². The molecule has 0 aliphatic heterocycles. The Morgan fingerprint density at radius 1 is 1.09 bits per heavy atom. The lowest BCUT2D eigenvalue weighted by Crippen LogP contribution is -2.03. The molecule has 0 fully saturated rings. The van der Waals surface area contributed by atoms with Crippen LogP contribution in [0.25, 0.3) is 11.0 Å². The molecule has 0 aliphatic carbocycles. The molecule has 3 aromatic rings. The Bertz CT molecular complexity index is 765. The molecule has 0 atom stereocenters. The van der Waals surface area contributed by atoms with Crippen molar-refractivity contribution in [2.45, 2.75) is 19.9 Å². The van der Waals surface area contributed by atoms with Crippen LogP contribution in [-0.2, 0) is 6.54 Å². The summed E-state index contributed by atoms with van der Waals surface area (Å²) in [6, 6.07) is 14.1. The molecule has 0 bridgehead atoms. The summed E-state index contributed by atoms with van der Waals surface area (Å²) in [5.41, 5.74) is 3.20. The maximum absolute atomic E-state index is 5.77. The number of rotatable bonds is 6. The van der Waals surface area contributed by atoms with Crippen LogP contribution in [0.15, 0.2) is 48.8 Å². The van der Waals surface area contributed by atoms with Crippen molar-refractivity contribution in [3.05, 3.63) is 54.4 Å². The van der Waals surface area contributed by atoms with Gasteiger partial charge in [-0.15, -0.1) is 0 Å². The quantitative estimate of drug-likeness (QED) is 0.692.